The third kappa shape index (κ3) is 4.05. The number of halogens is 1. The average molecular weight is 354 g/mol. The predicted molar refractivity (Wildman–Crippen MR) is 83.7 cm³/mol. The molecule has 0 spiro atoms. The molecule has 0 radical (unpaired) electrons. The first-order valence-electron chi connectivity index (χ1n) is 6.50. The van der Waals surface area contributed by atoms with E-state index in [0.29, 0.717) is 13.2 Å². The van der Waals surface area contributed by atoms with Crippen LogP contribution in [0.2, 0.25) is 0 Å². The van der Waals surface area contributed by atoms with Crippen molar-refractivity contribution in [1.82, 2.24) is 9.13 Å². The van der Waals surface area contributed by atoms with Gasteiger partial charge in [-0.2, -0.15) is 0 Å². The quantitative estimate of drug-likeness (QED) is 0.833. The highest BCUT2D eigenvalue weighted by atomic mass is 79.9. The van der Waals surface area contributed by atoms with Gasteiger partial charge in [-0.3, -0.25) is 13.9 Å². The zero-order valence-electron chi connectivity index (χ0n) is 11.4. The van der Waals surface area contributed by atoms with Gasteiger partial charge in [0.15, 0.2) is 0 Å². The minimum absolute atomic E-state index is 0.214. The molecule has 2 rings (SSSR count). The number of nitrogens with zero attached hydrogens (tertiary/aromatic N) is 2. The van der Waals surface area contributed by atoms with Crippen LogP contribution in [-0.2, 0) is 13.1 Å². The van der Waals surface area contributed by atoms with E-state index < -0.39 is 0 Å². The third-order valence-electron chi connectivity index (χ3n) is 2.91. The first kappa shape index (κ1) is 15.5. The monoisotopic (exact) mass is 353 g/mol. The fourth-order valence-electron chi connectivity index (χ4n) is 1.85. The van der Waals surface area contributed by atoms with Crippen LogP contribution in [0.3, 0.4) is 0 Å². The minimum Gasteiger partial charge on any atom is -0.492 e. The SMILES string of the molecule is NCCn1c(=O)ccn(CCOc2ccc(Br)cc2)c1=O. The van der Waals surface area contributed by atoms with E-state index in [1.54, 1.807) is 0 Å². The van der Waals surface area contributed by atoms with Crippen molar-refractivity contribution in [2.24, 2.45) is 5.73 Å². The van der Waals surface area contributed by atoms with Crippen molar-refractivity contribution in [2.45, 2.75) is 13.1 Å². The van der Waals surface area contributed by atoms with Crippen LogP contribution in [0.15, 0.2) is 50.6 Å². The Hall–Kier alpha value is -1.86. The maximum atomic E-state index is 12.1. The number of aromatic nitrogens is 2. The Bertz CT molecular complexity index is 707. The van der Waals surface area contributed by atoms with Gasteiger partial charge >= 0.3 is 5.69 Å². The normalized spacial score (nSPS) is 10.6. The van der Waals surface area contributed by atoms with Crippen molar-refractivity contribution in [3.63, 3.8) is 0 Å². The van der Waals surface area contributed by atoms with Crippen molar-refractivity contribution in [1.29, 1.82) is 0 Å². The van der Waals surface area contributed by atoms with Gasteiger partial charge in [0.1, 0.15) is 12.4 Å². The van der Waals surface area contributed by atoms with Crippen LogP contribution in [0.5, 0.6) is 5.75 Å². The van der Waals surface area contributed by atoms with Gasteiger partial charge in [0.05, 0.1) is 6.54 Å². The molecule has 112 valence electrons. The zero-order valence-corrected chi connectivity index (χ0v) is 13.0. The molecular formula is C14H16BrN3O3. The summed E-state index contributed by atoms with van der Waals surface area (Å²) < 4.78 is 9.09. The molecule has 0 fully saturated rings. The van der Waals surface area contributed by atoms with Crippen LogP contribution < -0.4 is 21.7 Å². The van der Waals surface area contributed by atoms with Gasteiger partial charge in [0.25, 0.3) is 5.56 Å². The zero-order chi connectivity index (χ0) is 15.2. The second kappa shape index (κ2) is 7.24. The summed E-state index contributed by atoms with van der Waals surface area (Å²) in [5.74, 6) is 0.724. The van der Waals surface area contributed by atoms with E-state index in [1.165, 1.54) is 16.8 Å². The molecule has 2 N–H and O–H groups in total. The van der Waals surface area contributed by atoms with Gasteiger partial charge in [-0.25, -0.2) is 4.79 Å². The molecule has 0 aliphatic carbocycles. The lowest BCUT2D eigenvalue weighted by atomic mass is 10.3. The lowest BCUT2D eigenvalue weighted by Crippen LogP contribution is -2.41. The number of benzene rings is 1. The van der Waals surface area contributed by atoms with Gasteiger partial charge in [-0.05, 0) is 24.3 Å². The van der Waals surface area contributed by atoms with Crippen LogP contribution >= 0.6 is 15.9 Å². The Balaban J connectivity index is 2.03. The Morgan fingerprint density at radius 3 is 2.48 bits per heavy atom. The van der Waals surface area contributed by atoms with E-state index in [1.807, 2.05) is 24.3 Å². The Morgan fingerprint density at radius 2 is 1.81 bits per heavy atom. The standard InChI is InChI=1S/C14H16BrN3O3/c15-11-1-3-12(4-2-11)21-10-9-17-7-5-13(19)18(8-6-16)14(17)20/h1-5,7H,6,8-10,16H2. The summed E-state index contributed by atoms with van der Waals surface area (Å²) in [5, 5.41) is 0. The molecule has 7 heteroatoms. The van der Waals surface area contributed by atoms with Crippen molar-refractivity contribution >= 4 is 15.9 Å². The Labute approximate surface area is 129 Å². The molecule has 1 heterocycles. The molecule has 0 unspecified atom stereocenters. The molecule has 21 heavy (non-hydrogen) atoms. The van der Waals surface area contributed by atoms with Gasteiger partial charge in [-0.1, -0.05) is 15.9 Å². The molecular weight excluding hydrogens is 338 g/mol. The smallest absolute Gasteiger partial charge is 0.331 e. The second-order valence-electron chi connectivity index (χ2n) is 4.37. The van der Waals surface area contributed by atoms with Crippen molar-refractivity contribution in [3.05, 3.63) is 61.8 Å². The number of nitrogens with two attached hydrogens (primary N) is 1. The maximum absolute atomic E-state index is 12.1. The van der Waals surface area contributed by atoms with Crippen LogP contribution in [0, 0.1) is 0 Å². The first-order valence-corrected chi connectivity index (χ1v) is 7.30. The molecule has 0 saturated heterocycles. The summed E-state index contributed by atoms with van der Waals surface area (Å²) in [7, 11) is 0. The summed E-state index contributed by atoms with van der Waals surface area (Å²) in [6.07, 6.45) is 1.47. The Kier molecular flexibility index (Phi) is 5.35. The molecule has 0 bridgehead atoms. The summed E-state index contributed by atoms with van der Waals surface area (Å²) in [4.78, 5) is 23.6. The molecule has 1 aromatic carbocycles. The molecule has 0 aliphatic rings. The lowest BCUT2D eigenvalue weighted by molar-refractivity contribution is 0.293. The number of ether oxygens (including phenoxy) is 1. The summed E-state index contributed by atoms with van der Waals surface area (Å²) in [5.41, 5.74) is 4.69. The summed E-state index contributed by atoms with van der Waals surface area (Å²) in [6, 6.07) is 8.78. The maximum Gasteiger partial charge on any atom is 0.331 e. The van der Waals surface area contributed by atoms with Gasteiger partial charge in [0, 0.05) is 29.8 Å². The summed E-state index contributed by atoms with van der Waals surface area (Å²) in [6.45, 7) is 1.16. The second-order valence-corrected chi connectivity index (χ2v) is 5.29. The Morgan fingerprint density at radius 1 is 1.10 bits per heavy atom. The van der Waals surface area contributed by atoms with E-state index in [4.69, 9.17) is 10.5 Å². The van der Waals surface area contributed by atoms with E-state index in [-0.39, 0.29) is 24.3 Å². The van der Waals surface area contributed by atoms with E-state index >= 15 is 0 Å². The van der Waals surface area contributed by atoms with E-state index in [9.17, 15) is 9.59 Å². The van der Waals surface area contributed by atoms with E-state index in [0.717, 1.165) is 14.8 Å². The fraction of sp³-hybridized carbons (Fsp3) is 0.286. The fourth-order valence-corrected chi connectivity index (χ4v) is 2.12. The van der Waals surface area contributed by atoms with Crippen molar-refractivity contribution in [2.75, 3.05) is 13.2 Å². The number of hydrogen-bond donors (Lipinski definition) is 1. The predicted octanol–water partition coefficient (Wildman–Crippen LogP) is 0.810. The van der Waals surface area contributed by atoms with Crippen molar-refractivity contribution in [3.8, 4) is 5.75 Å². The molecule has 1 aromatic heterocycles. The third-order valence-corrected chi connectivity index (χ3v) is 3.44. The number of rotatable bonds is 6. The lowest BCUT2D eigenvalue weighted by Gasteiger charge is -2.10. The molecule has 0 aliphatic heterocycles. The number of hydrogen-bond acceptors (Lipinski definition) is 4. The van der Waals surface area contributed by atoms with Crippen LogP contribution in [0.25, 0.3) is 0 Å². The molecule has 0 saturated carbocycles. The largest absolute Gasteiger partial charge is 0.492 e. The molecule has 0 amide bonds. The van der Waals surface area contributed by atoms with Crippen molar-refractivity contribution < 1.29 is 4.74 Å². The summed E-state index contributed by atoms with van der Waals surface area (Å²) >= 11 is 3.35. The topological polar surface area (TPSA) is 79.2 Å². The highest BCUT2D eigenvalue weighted by Crippen LogP contribution is 2.15. The highest BCUT2D eigenvalue weighted by molar-refractivity contribution is 9.10. The highest BCUT2D eigenvalue weighted by Gasteiger charge is 2.04. The van der Waals surface area contributed by atoms with Crippen LogP contribution in [0.1, 0.15) is 0 Å². The molecule has 0 atom stereocenters. The van der Waals surface area contributed by atoms with E-state index in [2.05, 4.69) is 15.9 Å². The average Bonchev–Trinajstić information content (AvgIpc) is 2.48. The molecule has 2 aromatic rings. The van der Waals surface area contributed by atoms with Crippen LogP contribution in [-0.4, -0.2) is 22.3 Å². The minimum atomic E-state index is -0.368. The van der Waals surface area contributed by atoms with Crippen LogP contribution in [0.4, 0.5) is 0 Å². The van der Waals surface area contributed by atoms with Gasteiger partial charge < -0.3 is 10.5 Å². The van der Waals surface area contributed by atoms with Gasteiger partial charge in [0.2, 0.25) is 0 Å². The van der Waals surface area contributed by atoms with Gasteiger partial charge in [-0.15, -0.1) is 0 Å². The molecule has 6 nitrogen and oxygen atoms in total. The first-order chi connectivity index (χ1) is 10.1.